The van der Waals surface area contributed by atoms with E-state index in [2.05, 4.69) is 19.5 Å². The van der Waals surface area contributed by atoms with E-state index < -0.39 is 9.73 Å². The minimum atomic E-state index is -2.68. The Kier molecular flexibility index (Phi) is 3.91. The van der Waals surface area contributed by atoms with Crippen molar-refractivity contribution in [1.82, 2.24) is 15.1 Å². The van der Waals surface area contributed by atoms with Gasteiger partial charge in [-0.15, -0.1) is 0 Å². The lowest BCUT2D eigenvalue weighted by Crippen LogP contribution is -1.97. The smallest absolute Gasteiger partial charge is 0.223 e. The third-order valence-corrected chi connectivity index (χ3v) is 4.74. The third kappa shape index (κ3) is 3.42. The van der Waals surface area contributed by atoms with Crippen molar-refractivity contribution >= 4 is 15.4 Å². The Balaban J connectivity index is 1.92. The average molecular weight is 332 g/mol. The molecule has 0 aliphatic rings. The first-order chi connectivity index (χ1) is 10.9. The van der Waals surface area contributed by atoms with Gasteiger partial charge in [0.05, 0.1) is 21.6 Å². The van der Waals surface area contributed by atoms with Gasteiger partial charge in [0, 0.05) is 18.1 Å². The fourth-order valence-corrected chi connectivity index (χ4v) is 3.17. The first-order valence-electron chi connectivity index (χ1n) is 6.68. The van der Waals surface area contributed by atoms with Crippen LogP contribution in [0.2, 0.25) is 0 Å². The zero-order valence-corrected chi connectivity index (χ0v) is 13.2. The van der Waals surface area contributed by atoms with Crippen LogP contribution in [0.3, 0.4) is 0 Å². The number of aromatic nitrogens is 3. The molecular formula is C15H13FN4O2S. The summed E-state index contributed by atoms with van der Waals surface area (Å²) in [6.07, 6.45) is 2.98. The lowest BCUT2D eigenvalue weighted by Gasteiger charge is -2.04. The van der Waals surface area contributed by atoms with E-state index in [4.69, 9.17) is 4.52 Å². The van der Waals surface area contributed by atoms with Crippen LogP contribution < -0.4 is 0 Å². The van der Waals surface area contributed by atoms with Crippen LogP contribution >= 0.6 is 0 Å². The molecule has 0 bridgehead atoms. The monoisotopic (exact) mass is 332 g/mol. The molecule has 0 spiro atoms. The highest BCUT2D eigenvalue weighted by molar-refractivity contribution is 7.93. The van der Waals surface area contributed by atoms with Crippen LogP contribution in [0.5, 0.6) is 0 Å². The van der Waals surface area contributed by atoms with Gasteiger partial charge < -0.3 is 4.52 Å². The van der Waals surface area contributed by atoms with E-state index in [1.807, 2.05) is 0 Å². The summed E-state index contributed by atoms with van der Waals surface area (Å²) in [7, 11) is -2.68. The molecule has 1 unspecified atom stereocenters. The second-order valence-corrected chi connectivity index (χ2v) is 7.15. The van der Waals surface area contributed by atoms with Gasteiger partial charge in [0.25, 0.3) is 0 Å². The Morgan fingerprint density at radius 3 is 2.48 bits per heavy atom. The standard InChI is InChI=1S/C15H13FN4O2S/c1-10-18-15(19-22-10)14-8-5-12(9-17-14)20-23(2,21)13-6-3-11(16)4-7-13/h3-9H,1-2H3. The van der Waals surface area contributed by atoms with Crippen molar-refractivity contribution in [2.24, 2.45) is 4.36 Å². The summed E-state index contributed by atoms with van der Waals surface area (Å²) in [5, 5.41) is 3.77. The number of nitrogens with zero attached hydrogens (tertiary/aromatic N) is 4. The number of halogens is 1. The molecule has 2 heterocycles. The second kappa shape index (κ2) is 5.88. The molecule has 8 heteroatoms. The van der Waals surface area contributed by atoms with E-state index in [-0.39, 0.29) is 5.82 Å². The molecule has 0 fully saturated rings. The van der Waals surface area contributed by atoms with Gasteiger partial charge in [-0.05, 0) is 36.4 Å². The van der Waals surface area contributed by atoms with Crippen molar-refractivity contribution in [3.05, 3.63) is 54.3 Å². The SMILES string of the molecule is Cc1nc(-c2ccc(N=S(C)(=O)c3ccc(F)cc3)cn2)no1. The Bertz CT molecular complexity index is 942. The lowest BCUT2D eigenvalue weighted by molar-refractivity contribution is 0.394. The minimum Gasteiger partial charge on any atom is -0.339 e. The molecule has 23 heavy (non-hydrogen) atoms. The maximum Gasteiger partial charge on any atom is 0.223 e. The summed E-state index contributed by atoms with van der Waals surface area (Å²) in [4.78, 5) is 8.72. The Morgan fingerprint density at radius 2 is 1.91 bits per heavy atom. The molecule has 1 atom stereocenters. The molecule has 0 radical (unpaired) electrons. The zero-order valence-electron chi connectivity index (χ0n) is 12.4. The number of rotatable bonds is 3. The van der Waals surface area contributed by atoms with Gasteiger partial charge in [0.15, 0.2) is 0 Å². The quantitative estimate of drug-likeness (QED) is 0.734. The van der Waals surface area contributed by atoms with Crippen LogP contribution in [0.15, 0.2) is 56.4 Å². The highest BCUT2D eigenvalue weighted by Crippen LogP contribution is 2.21. The van der Waals surface area contributed by atoms with Crippen LogP contribution in [0.1, 0.15) is 5.89 Å². The van der Waals surface area contributed by atoms with Crippen LogP contribution in [0, 0.1) is 12.7 Å². The van der Waals surface area contributed by atoms with Gasteiger partial charge in [-0.2, -0.15) is 9.35 Å². The topological polar surface area (TPSA) is 81.2 Å². The predicted octanol–water partition coefficient (Wildman–Crippen LogP) is 3.37. The first-order valence-corrected chi connectivity index (χ1v) is 8.61. The number of pyridine rings is 1. The van der Waals surface area contributed by atoms with E-state index in [0.29, 0.717) is 28.0 Å². The van der Waals surface area contributed by atoms with E-state index in [1.165, 1.54) is 36.7 Å². The van der Waals surface area contributed by atoms with Gasteiger partial charge in [-0.3, -0.25) is 4.98 Å². The molecule has 0 aliphatic heterocycles. The normalized spacial score (nSPS) is 13.5. The lowest BCUT2D eigenvalue weighted by atomic mass is 10.3. The maximum absolute atomic E-state index is 13.0. The fraction of sp³-hybridized carbons (Fsp3) is 0.133. The fourth-order valence-electron chi connectivity index (χ4n) is 1.92. The molecular weight excluding hydrogens is 319 g/mol. The van der Waals surface area contributed by atoms with Crippen LogP contribution in [0.4, 0.5) is 10.1 Å². The average Bonchev–Trinajstić information content (AvgIpc) is 2.95. The second-order valence-electron chi connectivity index (χ2n) is 4.89. The first kappa shape index (κ1) is 15.3. The molecule has 3 rings (SSSR count). The Morgan fingerprint density at radius 1 is 1.17 bits per heavy atom. The summed E-state index contributed by atoms with van der Waals surface area (Å²) in [5.41, 5.74) is 0.982. The van der Waals surface area contributed by atoms with Crippen LogP contribution in [-0.4, -0.2) is 25.6 Å². The van der Waals surface area contributed by atoms with Gasteiger partial charge in [0.1, 0.15) is 11.5 Å². The van der Waals surface area contributed by atoms with Crippen molar-refractivity contribution in [2.75, 3.05) is 6.26 Å². The molecule has 3 aromatic rings. The molecule has 0 aliphatic carbocycles. The van der Waals surface area contributed by atoms with Gasteiger partial charge in [-0.1, -0.05) is 5.16 Å². The number of hydrogen-bond acceptors (Lipinski definition) is 6. The third-order valence-electron chi connectivity index (χ3n) is 3.04. The molecule has 0 N–H and O–H groups in total. The maximum atomic E-state index is 13.0. The highest BCUT2D eigenvalue weighted by atomic mass is 32.2. The molecule has 6 nitrogen and oxygen atoms in total. The largest absolute Gasteiger partial charge is 0.339 e. The molecule has 1 aromatic carbocycles. The Hall–Kier alpha value is -2.61. The van der Waals surface area contributed by atoms with Crippen LogP contribution in [-0.2, 0) is 9.73 Å². The molecule has 118 valence electrons. The van der Waals surface area contributed by atoms with Crippen molar-refractivity contribution in [2.45, 2.75) is 11.8 Å². The predicted molar refractivity (Wildman–Crippen MR) is 83.1 cm³/mol. The number of aryl methyl sites for hydroxylation is 1. The van der Waals surface area contributed by atoms with Gasteiger partial charge in [0.2, 0.25) is 11.7 Å². The molecule has 0 saturated carbocycles. The summed E-state index contributed by atoms with van der Waals surface area (Å²) >= 11 is 0. The minimum absolute atomic E-state index is 0.379. The van der Waals surface area contributed by atoms with Crippen molar-refractivity contribution in [1.29, 1.82) is 0 Å². The number of benzene rings is 1. The van der Waals surface area contributed by atoms with Gasteiger partial charge >= 0.3 is 0 Å². The summed E-state index contributed by atoms with van der Waals surface area (Å²) in [6, 6.07) is 8.78. The van der Waals surface area contributed by atoms with Gasteiger partial charge in [-0.25, -0.2) is 8.60 Å². The van der Waals surface area contributed by atoms with Crippen LogP contribution in [0.25, 0.3) is 11.5 Å². The summed E-state index contributed by atoms with van der Waals surface area (Å²) < 4.78 is 34.7. The number of hydrogen-bond donors (Lipinski definition) is 0. The molecule has 0 amide bonds. The van der Waals surface area contributed by atoms with Crippen molar-refractivity contribution in [3.8, 4) is 11.5 Å². The van der Waals surface area contributed by atoms with E-state index in [0.717, 1.165) is 0 Å². The highest BCUT2D eigenvalue weighted by Gasteiger charge is 2.09. The van der Waals surface area contributed by atoms with E-state index in [9.17, 15) is 8.60 Å². The zero-order chi connectivity index (χ0) is 16.4. The van der Waals surface area contributed by atoms with Crippen molar-refractivity contribution < 1.29 is 13.1 Å². The Labute approximate surface area is 132 Å². The van der Waals surface area contributed by atoms with Crippen molar-refractivity contribution in [3.63, 3.8) is 0 Å². The molecule has 2 aromatic heterocycles. The molecule has 0 saturated heterocycles. The summed E-state index contributed by atoms with van der Waals surface area (Å²) in [5.74, 6) is 0.443. The van der Waals surface area contributed by atoms with E-state index in [1.54, 1.807) is 19.1 Å². The summed E-state index contributed by atoms with van der Waals surface area (Å²) in [6.45, 7) is 1.69. The van der Waals surface area contributed by atoms with E-state index >= 15 is 0 Å².